The first-order valence-corrected chi connectivity index (χ1v) is 11.0. The minimum absolute atomic E-state index is 0.150. The molecule has 1 saturated carbocycles. The highest BCUT2D eigenvalue weighted by atomic mass is 35.5. The molecule has 1 aliphatic carbocycles. The summed E-state index contributed by atoms with van der Waals surface area (Å²) in [5, 5.41) is 2.96. The van der Waals surface area contributed by atoms with Crippen molar-refractivity contribution in [3.63, 3.8) is 0 Å². The summed E-state index contributed by atoms with van der Waals surface area (Å²) in [4.78, 5) is 34.4. The Hall–Kier alpha value is -3.14. The number of nitrogens with zero attached hydrogens (tertiary/aromatic N) is 3. The highest BCUT2D eigenvalue weighted by Crippen LogP contribution is 2.39. The summed E-state index contributed by atoms with van der Waals surface area (Å²) in [5.74, 6) is -0.524. The lowest BCUT2D eigenvalue weighted by Gasteiger charge is -2.38. The maximum absolute atomic E-state index is 13.2. The van der Waals surface area contributed by atoms with Crippen LogP contribution < -0.4 is 27.1 Å². The Morgan fingerprint density at radius 1 is 1.24 bits per heavy atom. The van der Waals surface area contributed by atoms with E-state index < -0.39 is 17.0 Å². The Bertz CT molecular complexity index is 1270. The molecule has 0 bridgehead atoms. The summed E-state index contributed by atoms with van der Waals surface area (Å²) in [6, 6.07) is 4.79. The summed E-state index contributed by atoms with van der Waals surface area (Å²) in [5.41, 5.74) is 12.1. The molecule has 0 aliphatic heterocycles. The van der Waals surface area contributed by atoms with Crippen LogP contribution in [0, 0.1) is 0 Å². The monoisotopic (exact) mass is 488 g/mol. The molecule has 4 rings (SSSR count). The van der Waals surface area contributed by atoms with Gasteiger partial charge in [-0.3, -0.25) is 19.1 Å². The first kappa shape index (κ1) is 23.0. The van der Waals surface area contributed by atoms with Crippen molar-refractivity contribution < 1.29 is 9.53 Å². The number of nitrogens with two attached hydrogens (primary N) is 2. The molecule has 11 heteroatoms. The number of carbonyl (C=O) groups excluding carboxylic acids is 1. The lowest BCUT2D eigenvalue weighted by atomic mass is 9.73. The number of pyridine rings is 1. The summed E-state index contributed by atoms with van der Waals surface area (Å²) in [6.45, 7) is 2.24. The molecule has 172 valence electrons. The van der Waals surface area contributed by atoms with Gasteiger partial charge in [-0.1, -0.05) is 23.2 Å². The normalized spacial score (nSPS) is 14.4. The Kier molecular flexibility index (Phi) is 6.29. The smallest absolute Gasteiger partial charge is 0.273 e. The predicted molar refractivity (Wildman–Crippen MR) is 127 cm³/mol. The van der Waals surface area contributed by atoms with Crippen molar-refractivity contribution in [1.82, 2.24) is 14.5 Å². The second kappa shape index (κ2) is 9.01. The van der Waals surface area contributed by atoms with E-state index in [9.17, 15) is 9.59 Å². The van der Waals surface area contributed by atoms with Gasteiger partial charge in [-0.2, -0.15) is 0 Å². The first-order valence-electron chi connectivity index (χ1n) is 10.3. The molecule has 33 heavy (non-hydrogen) atoms. The fourth-order valence-electron chi connectivity index (χ4n) is 3.68. The highest BCUT2D eigenvalue weighted by Gasteiger charge is 2.34. The zero-order valence-electron chi connectivity index (χ0n) is 17.8. The van der Waals surface area contributed by atoms with E-state index in [0.29, 0.717) is 18.0 Å². The molecule has 2 heterocycles. The van der Waals surface area contributed by atoms with Gasteiger partial charge in [0.15, 0.2) is 0 Å². The van der Waals surface area contributed by atoms with Crippen LogP contribution in [0.5, 0.6) is 5.75 Å². The molecule has 0 radical (unpaired) electrons. The SMILES string of the molecule is CCOc1cc(Cl)c(-n2cnc(N)c(C(=O)Nc3cncc(C4(N)CCC4)c3)c2=O)c(Cl)c1. The predicted octanol–water partition coefficient (Wildman–Crippen LogP) is 3.51. The van der Waals surface area contributed by atoms with Gasteiger partial charge >= 0.3 is 0 Å². The topological polar surface area (TPSA) is 138 Å². The van der Waals surface area contributed by atoms with Crippen LogP contribution >= 0.6 is 23.2 Å². The van der Waals surface area contributed by atoms with Crippen molar-refractivity contribution in [3.8, 4) is 11.4 Å². The van der Waals surface area contributed by atoms with Crippen molar-refractivity contribution in [2.24, 2.45) is 5.73 Å². The molecular formula is C22H22Cl2N6O3. The molecule has 1 amide bonds. The summed E-state index contributed by atoms with van der Waals surface area (Å²) in [7, 11) is 0. The Labute approximate surface area is 199 Å². The van der Waals surface area contributed by atoms with Gasteiger partial charge < -0.3 is 21.5 Å². The van der Waals surface area contributed by atoms with Crippen LogP contribution in [0.1, 0.15) is 42.1 Å². The molecule has 2 aromatic heterocycles. The Morgan fingerprint density at radius 3 is 2.55 bits per heavy atom. The van der Waals surface area contributed by atoms with Crippen molar-refractivity contribution in [2.75, 3.05) is 17.7 Å². The maximum Gasteiger partial charge on any atom is 0.273 e. The zero-order chi connectivity index (χ0) is 23.8. The largest absolute Gasteiger partial charge is 0.494 e. The number of hydrogen-bond acceptors (Lipinski definition) is 7. The molecule has 1 aliphatic rings. The van der Waals surface area contributed by atoms with Gasteiger partial charge in [0.25, 0.3) is 11.5 Å². The quantitative estimate of drug-likeness (QED) is 0.482. The molecule has 0 saturated heterocycles. The summed E-state index contributed by atoms with van der Waals surface area (Å²) in [6.07, 6.45) is 7.03. The van der Waals surface area contributed by atoms with E-state index in [-0.39, 0.29) is 27.1 Å². The average molecular weight is 489 g/mol. The molecule has 9 nitrogen and oxygen atoms in total. The average Bonchev–Trinajstić information content (AvgIpc) is 2.73. The highest BCUT2D eigenvalue weighted by molar-refractivity contribution is 6.38. The third-order valence-corrected chi connectivity index (χ3v) is 6.16. The van der Waals surface area contributed by atoms with Gasteiger partial charge in [0.2, 0.25) is 0 Å². The molecule has 3 aromatic rings. The van der Waals surface area contributed by atoms with Gasteiger partial charge in [-0.05, 0) is 37.8 Å². The molecule has 0 spiro atoms. The maximum atomic E-state index is 13.2. The number of halogens is 2. The molecular weight excluding hydrogens is 467 g/mol. The van der Waals surface area contributed by atoms with E-state index in [1.807, 2.05) is 6.92 Å². The van der Waals surface area contributed by atoms with Gasteiger partial charge in [0.1, 0.15) is 23.5 Å². The third-order valence-electron chi connectivity index (χ3n) is 5.59. The number of anilines is 2. The minimum Gasteiger partial charge on any atom is -0.494 e. The summed E-state index contributed by atoms with van der Waals surface area (Å²) >= 11 is 12.7. The van der Waals surface area contributed by atoms with Crippen LogP contribution in [0.4, 0.5) is 11.5 Å². The van der Waals surface area contributed by atoms with Crippen molar-refractivity contribution >= 4 is 40.6 Å². The number of nitrogen functional groups attached to an aromatic ring is 1. The van der Waals surface area contributed by atoms with E-state index in [1.165, 1.54) is 24.7 Å². The van der Waals surface area contributed by atoms with Crippen molar-refractivity contribution in [1.29, 1.82) is 0 Å². The zero-order valence-corrected chi connectivity index (χ0v) is 19.3. The van der Waals surface area contributed by atoms with E-state index in [2.05, 4.69) is 15.3 Å². The molecule has 1 fully saturated rings. The number of carbonyl (C=O) groups is 1. The summed E-state index contributed by atoms with van der Waals surface area (Å²) < 4.78 is 6.48. The van der Waals surface area contributed by atoms with Crippen molar-refractivity contribution in [3.05, 3.63) is 68.4 Å². The van der Waals surface area contributed by atoms with Crippen LogP contribution in [0.3, 0.4) is 0 Å². The Morgan fingerprint density at radius 2 is 1.94 bits per heavy atom. The minimum atomic E-state index is -0.740. The first-order chi connectivity index (χ1) is 15.7. The standard InChI is InChI=1S/C22H22Cl2N6O3/c1-2-33-14-7-15(23)18(16(24)8-14)30-11-28-19(25)17(21(30)32)20(31)29-13-6-12(9-27-10-13)22(26)4-3-5-22/h6-11H,2-5,25-26H2,1H3,(H,29,31). The third kappa shape index (κ3) is 4.39. The fraction of sp³-hybridized carbons (Fsp3) is 0.273. The van der Waals surface area contributed by atoms with E-state index in [4.69, 9.17) is 39.4 Å². The number of ether oxygens (including phenoxy) is 1. The second-order valence-electron chi connectivity index (χ2n) is 7.77. The van der Waals surface area contributed by atoms with E-state index >= 15 is 0 Å². The number of benzene rings is 1. The van der Waals surface area contributed by atoms with E-state index in [0.717, 1.165) is 29.4 Å². The number of rotatable bonds is 6. The van der Waals surface area contributed by atoms with Crippen LogP contribution in [-0.4, -0.2) is 27.0 Å². The molecule has 1 aromatic carbocycles. The van der Waals surface area contributed by atoms with Crippen LogP contribution in [-0.2, 0) is 5.54 Å². The van der Waals surface area contributed by atoms with Gasteiger partial charge in [-0.25, -0.2) is 4.98 Å². The molecule has 0 atom stereocenters. The van der Waals surface area contributed by atoms with Gasteiger partial charge in [0.05, 0.1) is 34.2 Å². The lowest BCUT2D eigenvalue weighted by molar-refractivity contribution is 0.102. The van der Waals surface area contributed by atoms with Crippen LogP contribution in [0.25, 0.3) is 5.69 Å². The number of amides is 1. The van der Waals surface area contributed by atoms with Crippen LogP contribution in [0.2, 0.25) is 10.0 Å². The van der Waals surface area contributed by atoms with Gasteiger partial charge in [-0.15, -0.1) is 0 Å². The van der Waals surface area contributed by atoms with Crippen LogP contribution in [0.15, 0.2) is 41.7 Å². The molecule has 5 N–H and O–H groups in total. The number of hydrogen-bond donors (Lipinski definition) is 3. The van der Waals surface area contributed by atoms with Gasteiger partial charge in [0, 0.05) is 23.9 Å². The molecule has 0 unspecified atom stereocenters. The fourth-order valence-corrected chi connectivity index (χ4v) is 4.33. The lowest BCUT2D eigenvalue weighted by Crippen LogP contribution is -2.43. The van der Waals surface area contributed by atoms with Crippen molar-refractivity contribution in [2.45, 2.75) is 31.7 Å². The Balaban J connectivity index is 1.69. The second-order valence-corrected chi connectivity index (χ2v) is 8.59. The van der Waals surface area contributed by atoms with E-state index in [1.54, 1.807) is 12.3 Å². The number of aromatic nitrogens is 3. The number of nitrogens with one attached hydrogen (secondary N) is 1.